The van der Waals surface area contributed by atoms with Gasteiger partial charge in [-0.15, -0.1) is 0 Å². The molecule has 0 saturated carbocycles. The number of ether oxygens (including phenoxy) is 5. The van der Waals surface area contributed by atoms with Gasteiger partial charge in [-0.05, 0) is 96.0 Å². The van der Waals surface area contributed by atoms with Crippen molar-refractivity contribution in [2.75, 3.05) is 34.4 Å². The number of urea groups is 1. The number of benzene rings is 4. The highest BCUT2D eigenvalue weighted by atomic mass is 16.6. The van der Waals surface area contributed by atoms with Crippen LogP contribution in [0.1, 0.15) is 58.8 Å². The molecule has 0 aromatic heterocycles. The summed E-state index contributed by atoms with van der Waals surface area (Å²) in [5, 5.41) is 2.84. The molecule has 1 N–H and O–H groups in total. The number of hydrogen-bond donors (Lipinski definition) is 1. The Morgan fingerprint density at radius 2 is 1.45 bits per heavy atom. The minimum Gasteiger partial charge on any atom is -0.493 e. The summed E-state index contributed by atoms with van der Waals surface area (Å²) in [4.78, 5) is 30.6. The molecule has 0 aliphatic carbocycles. The van der Waals surface area contributed by atoms with Crippen LogP contribution in [0, 0.1) is 0 Å². The molecule has 10 nitrogen and oxygen atoms in total. The molecule has 10 heteroatoms. The second-order valence-electron chi connectivity index (χ2n) is 12.9. The molecule has 4 aromatic rings. The van der Waals surface area contributed by atoms with E-state index in [4.69, 9.17) is 23.7 Å². The van der Waals surface area contributed by atoms with Crippen molar-refractivity contribution in [1.82, 2.24) is 15.1 Å². The smallest absolute Gasteiger partial charge is 0.317 e. The fourth-order valence-corrected chi connectivity index (χ4v) is 7.76. The zero-order valence-electron chi connectivity index (χ0n) is 28.1. The van der Waals surface area contributed by atoms with Crippen LogP contribution < -0.4 is 29.0 Å². The number of carbonyl (C=O) groups is 2. The molecule has 0 spiro atoms. The Morgan fingerprint density at radius 1 is 0.755 bits per heavy atom. The standard InChI is InChI=1S/C39H39N3O7/c1-5-35(43)41-14-12-24-19-32-33-21-27(24)28(41)17-23-8-11-30(45-3)31(18-23)47-26-9-6-22(7-10-26)16-29-36-25(13-15-42(29)39(44)40-2)20-34(46-4)37(48-32)38(36)49-33/h6-11,18-21,28-29H,5,12-17H2,1-4H3,(H,40,44)/t28-,29-/m0/s1. The minimum absolute atomic E-state index is 0.0963. The molecular formula is C39H39N3O7. The van der Waals surface area contributed by atoms with Gasteiger partial charge in [0.2, 0.25) is 11.7 Å². The third-order valence-corrected chi connectivity index (χ3v) is 10.2. The molecule has 5 aliphatic heterocycles. The van der Waals surface area contributed by atoms with E-state index in [0.29, 0.717) is 91.2 Å². The van der Waals surface area contributed by atoms with Crippen molar-refractivity contribution in [3.05, 3.63) is 94.0 Å². The number of fused-ring (bicyclic) bond motifs is 2. The lowest BCUT2D eigenvalue weighted by Crippen LogP contribution is -2.45. The molecule has 5 heterocycles. The van der Waals surface area contributed by atoms with E-state index in [1.165, 1.54) is 0 Å². The van der Waals surface area contributed by atoms with Gasteiger partial charge in [0.05, 0.1) is 26.3 Å². The average molecular weight is 662 g/mol. The number of nitrogens with zero attached hydrogens (tertiary/aromatic N) is 2. The number of methoxy groups -OCH3 is 2. The zero-order chi connectivity index (χ0) is 33.8. The van der Waals surface area contributed by atoms with Crippen molar-refractivity contribution in [3.8, 4) is 46.0 Å². The Labute approximate surface area is 285 Å². The van der Waals surface area contributed by atoms with Crippen LogP contribution in [0.25, 0.3) is 0 Å². The molecule has 0 radical (unpaired) electrons. The first-order chi connectivity index (χ1) is 23.9. The van der Waals surface area contributed by atoms with Crippen LogP contribution >= 0.6 is 0 Å². The molecule has 9 rings (SSSR count). The predicted octanol–water partition coefficient (Wildman–Crippen LogP) is 7.27. The van der Waals surface area contributed by atoms with Crippen molar-refractivity contribution in [3.63, 3.8) is 0 Å². The largest absolute Gasteiger partial charge is 0.493 e. The lowest BCUT2D eigenvalue weighted by molar-refractivity contribution is -0.133. The molecule has 5 aliphatic rings. The summed E-state index contributed by atoms with van der Waals surface area (Å²) in [5.41, 5.74) is 6.11. The van der Waals surface area contributed by atoms with Gasteiger partial charge < -0.3 is 38.8 Å². The van der Waals surface area contributed by atoms with E-state index in [-0.39, 0.29) is 24.0 Å². The predicted molar refractivity (Wildman–Crippen MR) is 183 cm³/mol. The Morgan fingerprint density at radius 3 is 2.20 bits per heavy atom. The first kappa shape index (κ1) is 30.9. The molecule has 0 saturated heterocycles. The van der Waals surface area contributed by atoms with Crippen molar-refractivity contribution in [2.24, 2.45) is 0 Å². The number of nitrogens with one attached hydrogen (secondary N) is 1. The molecular weight excluding hydrogens is 622 g/mol. The maximum Gasteiger partial charge on any atom is 0.317 e. The van der Waals surface area contributed by atoms with E-state index in [2.05, 4.69) is 5.32 Å². The summed E-state index contributed by atoms with van der Waals surface area (Å²) in [5.74, 6) is 4.77. The highest BCUT2D eigenvalue weighted by Crippen LogP contribution is 2.57. The van der Waals surface area contributed by atoms with Crippen LogP contribution in [0.5, 0.6) is 46.0 Å². The summed E-state index contributed by atoms with van der Waals surface area (Å²) >= 11 is 0. The van der Waals surface area contributed by atoms with E-state index in [1.54, 1.807) is 21.3 Å². The highest BCUT2D eigenvalue weighted by Gasteiger charge is 2.40. The van der Waals surface area contributed by atoms with E-state index in [1.807, 2.05) is 77.4 Å². The first-order valence-corrected chi connectivity index (χ1v) is 16.9. The number of carbonyl (C=O) groups excluding carboxylic acids is 2. The molecule has 0 fully saturated rings. The third-order valence-electron chi connectivity index (χ3n) is 10.2. The molecule has 0 unspecified atom stereocenters. The summed E-state index contributed by atoms with van der Waals surface area (Å²) in [6, 6.07) is 19.2. The van der Waals surface area contributed by atoms with Gasteiger partial charge in [-0.25, -0.2) is 4.79 Å². The monoisotopic (exact) mass is 661 g/mol. The maximum atomic E-state index is 13.4. The first-order valence-electron chi connectivity index (χ1n) is 16.9. The Bertz CT molecular complexity index is 1970. The molecule has 3 amide bonds. The molecule has 252 valence electrons. The summed E-state index contributed by atoms with van der Waals surface area (Å²) < 4.78 is 31.5. The third kappa shape index (κ3) is 5.26. The maximum absolute atomic E-state index is 13.4. The van der Waals surface area contributed by atoms with E-state index in [0.717, 1.165) is 33.4 Å². The second-order valence-corrected chi connectivity index (χ2v) is 12.9. The topological polar surface area (TPSA) is 98.8 Å². The molecule has 2 atom stereocenters. The molecule has 49 heavy (non-hydrogen) atoms. The fraction of sp³-hybridized carbons (Fsp3) is 0.333. The van der Waals surface area contributed by atoms with Crippen molar-refractivity contribution >= 4 is 11.9 Å². The molecule has 7 bridgehead atoms. The number of amides is 3. The van der Waals surface area contributed by atoms with Crippen LogP contribution in [-0.4, -0.2) is 56.1 Å². The summed E-state index contributed by atoms with van der Waals surface area (Å²) in [7, 11) is 4.91. The number of hydrogen-bond acceptors (Lipinski definition) is 7. The van der Waals surface area contributed by atoms with Gasteiger partial charge >= 0.3 is 6.03 Å². The average Bonchev–Trinajstić information content (AvgIpc) is 3.13. The number of rotatable bonds is 3. The zero-order valence-corrected chi connectivity index (χ0v) is 28.1. The Hall–Kier alpha value is -5.38. The molecule has 4 aromatic carbocycles. The van der Waals surface area contributed by atoms with Crippen molar-refractivity contribution in [1.29, 1.82) is 0 Å². The Kier molecular flexibility index (Phi) is 7.73. The SMILES string of the molecule is CCC(=O)N1CCc2cc3c4cc2[C@@H]1Cc1ccc(OC)c(c1)Oc1ccc(cc1)C[C@H]1c2c(cc(OC)c(c2O4)O3)CCN1C(=O)NC. The second kappa shape index (κ2) is 12.3. The fourth-order valence-electron chi connectivity index (χ4n) is 7.76. The van der Waals surface area contributed by atoms with E-state index < -0.39 is 0 Å². The van der Waals surface area contributed by atoms with Crippen LogP contribution in [0.4, 0.5) is 4.79 Å². The van der Waals surface area contributed by atoms with Crippen molar-refractivity contribution in [2.45, 2.75) is 51.1 Å². The quantitative estimate of drug-likeness (QED) is 0.217. The van der Waals surface area contributed by atoms with Crippen molar-refractivity contribution < 1.29 is 33.3 Å². The summed E-state index contributed by atoms with van der Waals surface area (Å²) in [6.07, 6.45) is 2.84. The van der Waals surface area contributed by atoms with Gasteiger partial charge in [0, 0.05) is 32.1 Å². The van der Waals surface area contributed by atoms with Gasteiger partial charge in [0.15, 0.2) is 34.5 Å². The lowest BCUT2D eigenvalue weighted by atomic mass is 9.86. The van der Waals surface area contributed by atoms with Gasteiger partial charge in [0.25, 0.3) is 0 Å². The summed E-state index contributed by atoms with van der Waals surface area (Å²) in [6.45, 7) is 3.03. The van der Waals surface area contributed by atoms with Gasteiger partial charge in [-0.2, -0.15) is 0 Å². The lowest BCUT2D eigenvalue weighted by Gasteiger charge is -2.40. The normalized spacial score (nSPS) is 18.4. The van der Waals surface area contributed by atoms with Gasteiger partial charge in [-0.1, -0.05) is 25.1 Å². The van der Waals surface area contributed by atoms with Crippen LogP contribution in [0.15, 0.2) is 60.7 Å². The van der Waals surface area contributed by atoms with Crippen LogP contribution in [0.3, 0.4) is 0 Å². The van der Waals surface area contributed by atoms with E-state index >= 15 is 0 Å². The van der Waals surface area contributed by atoms with E-state index in [9.17, 15) is 9.59 Å². The minimum atomic E-state index is -0.348. The van der Waals surface area contributed by atoms with Gasteiger partial charge in [-0.3, -0.25) is 4.79 Å². The van der Waals surface area contributed by atoms with Crippen LogP contribution in [-0.2, 0) is 30.5 Å². The van der Waals surface area contributed by atoms with Crippen LogP contribution in [0.2, 0.25) is 0 Å². The Balaban J connectivity index is 1.35. The highest BCUT2D eigenvalue weighted by molar-refractivity contribution is 5.78. The van der Waals surface area contributed by atoms with Gasteiger partial charge in [0.1, 0.15) is 5.75 Å².